The Hall–Kier alpha value is -2.64. The summed E-state index contributed by atoms with van der Waals surface area (Å²) in [7, 11) is 7.49. The second-order valence-corrected chi connectivity index (χ2v) is 8.71. The lowest BCUT2D eigenvalue weighted by atomic mass is 10.0. The molecule has 30 heavy (non-hydrogen) atoms. The quantitative estimate of drug-likeness (QED) is 0.599. The Balaban J connectivity index is 2.06. The van der Waals surface area contributed by atoms with E-state index in [1.807, 2.05) is 44.2 Å². The molecule has 160 valence electrons. The molecule has 0 bridgehead atoms. The molecule has 0 aliphatic heterocycles. The number of hydrogen-bond acceptors (Lipinski definition) is 5. The minimum Gasteiger partial charge on any atom is -0.495 e. The third-order valence-corrected chi connectivity index (χ3v) is 6.14. The zero-order valence-corrected chi connectivity index (χ0v) is 19.4. The van der Waals surface area contributed by atoms with Crippen molar-refractivity contribution >= 4 is 32.6 Å². The fraction of sp³-hybridized carbons (Fsp3) is 0.391. The molecule has 0 radical (unpaired) electrons. The third kappa shape index (κ3) is 4.57. The fourth-order valence-corrected chi connectivity index (χ4v) is 4.56. The largest absolute Gasteiger partial charge is 0.495 e. The van der Waals surface area contributed by atoms with Crippen molar-refractivity contribution in [1.29, 1.82) is 0 Å². The number of carbonyl (C=O) groups is 1. The lowest BCUT2D eigenvalue weighted by Gasteiger charge is -2.21. The SMILES string of the molecule is COc1ccc(OC)c2sc(N(CCC[NH+](C)C)C(=O)c3ccc(C)cc3C)nc12. The van der Waals surface area contributed by atoms with Gasteiger partial charge in [0.15, 0.2) is 5.13 Å². The van der Waals surface area contributed by atoms with E-state index in [-0.39, 0.29) is 5.91 Å². The molecule has 0 spiro atoms. The standard InChI is InChI=1S/C23H29N3O3S/c1-15-8-9-17(16(2)14-15)22(27)26(13-7-12-25(3)4)23-24-20-18(28-5)10-11-19(29-6)21(20)30-23/h8-11,14H,7,12-13H2,1-6H3/p+1. The number of nitrogens with zero attached hydrogens (tertiary/aromatic N) is 2. The normalized spacial score (nSPS) is 11.2. The summed E-state index contributed by atoms with van der Waals surface area (Å²) in [6.45, 7) is 5.58. The summed E-state index contributed by atoms with van der Waals surface area (Å²) < 4.78 is 11.9. The van der Waals surface area contributed by atoms with Gasteiger partial charge in [0.1, 0.15) is 21.7 Å². The summed E-state index contributed by atoms with van der Waals surface area (Å²) in [5.74, 6) is 1.37. The van der Waals surface area contributed by atoms with Crippen LogP contribution in [0.5, 0.6) is 11.5 Å². The molecule has 1 N–H and O–H groups in total. The van der Waals surface area contributed by atoms with E-state index in [0.717, 1.165) is 34.5 Å². The minimum atomic E-state index is -0.0294. The van der Waals surface area contributed by atoms with Crippen molar-refractivity contribution in [3.05, 3.63) is 47.0 Å². The van der Waals surface area contributed by atoms with Gasteiger partial charge in [-0.2, -0.15) is 0 Å². The van der Waals surface area contributed by atoms with E-state index in [1.165, 1.54) is 16.2 Å². The number of thiazole rings is 1. The molecule has 0 aliphatic rings. The van der Waals surface area contributed by atoms with Crippen molar-refractivity contribution < 1.29 is 19.2 Å². The molecule has 0 unspecified atom stereocenters. The van der Waals surface area contributed by atoms with Crippen molar-refractivity contribution in [1.82, 2.24) is 4.98 Å². The second kappa shape index (κ2) is 9.45. The van der Waals surface area contributed by atoms with Gasteiger partial charge in [0.25, 0.3) is 5.91 Å². The van der Waals surface area contributed by atoms with Crippen molar-refractivity contribution in [3.8, 4) is 11.5 Å². The molecule has 1 aromatic heterocycles. The predicted octanol–water partition coefficient (Wildman–Crippen LogP) is 3.11. The first-order valence-corrected chi connectivity index (χ1v) is 10.9. The van der Waals surface area contributed by atoms with Crippen LogP contribution in [0.15, 0.2) is 30.3 Å². The lowest BCUT2D eigenvalue weighted by molar-refractivity contribution is -0.858. The number of anilines is 1. The van der Waals surface area contributed by atoms with Crippen LogP contribution in [-0.2, 0) is 0 Å². The summed E-state index contributed by atoms with van der Waals surface area (Å²) in [5, 5.41) is 0.659. The molecular formula is C23H30N3O3S+. The van der Waals surface area contributed by atoms with Crippen molar-refractivity contribution in [2.24, 2.45) is 0 Å². The summed E-state index contributed by atoms with van der Waals surface area (Å²) in [5.41, 5.74) is 3.53. The van der Waals surface area contributed by atoms with Gasteiger partial charge < -0.3 is 14.4 Å². The molecule has 1 heterocycles. The summed E-state index contributed by atoms with van der Waals surface area (Å²) >= 11 is 1.46. The van der Waals surface area contributed by atoms with E-state index in [1.54, 1.807) is 19.1 Å². The van der Waals surface area contributed by atoms with Crippen molar-refractivity contribution in [3.63, 3.8) is 0 Å². The smallest absolute Gasteiger partial charge is 0.260 e. The van der Waals surface area contributed by atoms with Crippen LogP contribution in [-0.4, -0.2) is 52.3 Å². The molecule has 0 atom stereocenters. The van der Waals surface area contributed by atoms with Gasteiger partial charge in [0.2, 0.25) is 0 Å². The van der Waals surface area contributed by atoms with E-state index < -0.39 is 0 Å². The van der Waals surface area contributed by atoms with Crippen molar-refractivity contribution in [2.75, 3.05) is 46.3 Å². The van der Waals surface area contributed by atoms with Crippen LogP contribution in [0.25, 0.3) is 10.2 Å². The molecule has 3 aromatic rings. The average molecular weight is 429 g/mol. The van der Waals surface area contributed by atoms with Crippen molar-refractivity contribution in [2.45, 2.75) is 20.3 Å². The first-order chi connectivity index (χ1) is 14.3. The highest BCUT2D eigenvalue weighted by Crippen LogP contribution is 2.40. The second-order valence-electron chi connectivity index (χ2n) is 7.73. The molecule has 2 aromatic carbocycles. The Morgan fingerprint density at radius 3 is 2.43 bits per heavy atom. The molecule has 7 heteroatoms. The maximum absolute atomic E-state index is 13.6. The van der Waals surface area contributed by atoms with E-state index >= 15 is 0 Å². The number of fused-ring (bicyclic) bond motifs is 1. The number of quaternary nitrogens is 1. The highest BCUT2D eigenvalue weighted by molar-refractivity contribution is 7.22. The molecule has 0 fully saturated rings. The number of amides is 1. The molecule has 0 saturated carbocycles. The van der Waals surface area contributed by atoms with E-state index in [2.05, 4.69) is 14.1 Å². The number of carbonyl (C=O) groups excluding carboxylic acids is 1. The Morgan fingerprint density at radius 2 is 1.80 bits per heavy atom. The van der Waals surface area contributed by atoms with Crippen LogP contribution in [0.4, 0.5) is 5.13 Å². The first-order valence-electron chi connectivity index (χ1n) is 10.1. The van der Waals surface area contributed by atoms with Gasteiger partial charge >= 0.3 is 0 Å². The van der Waals surface area contributed by atoms with Crippen LogP contribution in [0, 0.1) is 13.8 Å². The van der Waals surface area contributed by atoms with Gasteiger partial charge in [-0.15, -0.1) is 0 Å². The Labute approximate surface area is 182 Å². The first kappa shape index (κ1) is 22.1. The average Bonchev–Trinajstić information content (AvgIpc) is 3.14. The maximum atomic E-state index is 13.6. The molecule has 1 amide bonds. The summed E-state index contributed by atoms with van der Waals surface area (Å²) in [4.78, 5) is 21.5. The van der Waals surface area contributed by atoms with Gasteiger partial charge in [-0.05, 0) is 37.6 Å². The summed E-state index contributed by atoms with van der Waals surface area (Å²) in [6.07, 6.45) is 0.878. The number of ether oxygens (including phenoxy) is 2. The number of aromatic nitrogens is 1. The maximum Gasteiger partial charge on any atom is 0.260 e. The molecular weight excluding hydrogens is 398 g/mol. The monoisotopic (exact) mass is 428 g/mol. The van der Waals surface area contributed by atoms with Crippen LogP contribution in [0.3, 0.4) is 0 Å². The number of rotatable bonds is 8. The number of nitrogens with one attached hydrogen (secondary N) is 1. The lowest BCUT2D eigenvalue weighted by Crippen LogP contribution is -3.05. The Morgan fingerprint density at radius 1 is 1.10 bits per heavy atom. The highest BCUT2D eigenvalue weighted by atomic mass is 32.1. The molecule has 0 aliphatic carbocycles. The van der Waals surface area contributed by atoms with Gasteiger partial charge in [-0.1, -0.05) is 29.0 Å². The number of benzene rings is 2. The Bertz CT molecular complexity index is 1000. The molecule has 3 rings (SSSR count). The third-order valence-electron chi connectivity index (χ3n) is 5.05. The van der Waals surface area contributed by atoms with Gasteiger partial charge in [-0.3, -0.25) is 9.69 Å². The molecule has 0 saturated heterocycles. The van der Waals surface area contributed by atoms with Gasteiger partial charge in [-0.25, -0.2) is 4.98 Å². The van der Waals surface area contributed by atoms with Crippen LogP contribution in [0.1, 0.15) is 27.9 Å². The number of hydrogen-bond donors (Lipinski definition) is 1. The fourth-order valence-electron chi connectivity index (χ4n) is 3.46. The number of aryl methyl sites for hydroxylation is 2. The van der Waals surface area contributed by atoms with Gasteiger partial charge in [0, 0.05) is 18.5 Å². The number of methoxy groups -OCH3 is 2. The molecule has 6 nitrogen and oxygen atoms in total. The summed E-state index contributed by atoms with van der Waals surface area (Å²) in [6, 6.07) is 9.64. The minimum absolute atomic E-state index is 0.0294. The zero-order chi connectivity index (χ0) is 21.8. The van der Waals surface area contributed by atoms with E-state index in [4.69, 9.17) is 14.5 Å². The van der Waals surface area contributed by atoms with Crippen LogP contribution in [0.2, 0.25) is 0 Å². The zero-order valence-electron chi connectivity index (χ0n) is 18.5. The Kier molecular flexibility index (Phi) is 6.95. The van der Waals surface area contributed by atoms with Crippen LogP contribution >= 0.6 is 11.3 Å². The predicted molar refractivity (Wildman–Crippen MR) is 123 cm³/mol. The topological polar surface area (TPSA) is 56.1 Å². The van der Waals surface area contributed by atoms with Crippen LogP contribution < -0.4 is 19.3 Å². The highest BCUT2D eigenvalue weighted by Gasteiger charge is 2.24. The van der Waals surface area contributed by atoms with E-state index in [0.29, 0.717) is 28.5 Å². The van der Waals surface area contributed by atoms with E-state index in [9.17, 15) is 4.79 Å². The van der Waals surface area contributed by atoms with Gasteiger partial charge in [0.05, 0.1) is 34.9 Å².